The van der Waals surface area contributed by atoms with Gasteiger partial charge in [-0.2, -0.15) is 0 Å². The summed E-state index contributed by atoms with van der Waals surface area (Å²) in [6.07, 6.45) is 3.00. The van der Waals surface area contributed by atoms with Crippen LogP contribution in [0.3, 0.4) is 0 Å². The van der Waals surface area contributed by atoms with Gasteiger partial charge in [0.1, 0.15) is 12.6 Å². The number of fused-ring (bicyclic) bond motifs is 1. The third-order valence-electron chi connectivity index (χ3n) is 2.52. The van der Waals surface area contributed by atoms with E-state index in [0.29, 0.717) is 10.9 Å². The van der Waals surface area contributed by atoms with E-state index in [1.54, 1.807) is 0 Å². The molecule has 0 spiro atoms. The van der Waals surface area contributed by atoms with Gasteiger partial charge in [-0.1, -0.05) is 23.2 Å². The summed E-state index contributed by atoms with van der Waals surface area (Å²) in [4.78, 5) is 24.2. The van der Waals surface area contributed by atoms with Crippen molar-refractivity contribution >= 4 is 40.9 Å². The highest BCUT2D eigenvalue weighted by Crippen LogP contribution is 2.25. The number of allylic oxidation sites excluding steroid dienone is 2. The summed E-state index contributed by atoms with van der Waals surface area (Å²) >= 11 is 11.8. The Hall–Kier alpha value is -1.53. The van der Waals surface area contributed by atoms with Crippen LogP contribution in [0.4, 0.5) is 0 Å². The molecule has 96 valence electrons. The van der Waals surface area contributed by atoms with E-state index in [4.69, 9.17) is 28.3 Å². The number of aliphatic carboxylic acids is 1. The van der Waals surface area contributed by atoms with Crippen LogP contribution in [0.25, 0.3) is 0 Å². The predicted molar refractivity (Wildman–Crippen MR) is 66.0 cm³/mol. The van der Waals surface area contributed by atoms with Gasteiger partial charge in [0.25, 0.3) is 5.91 Å². The van der Waals surface area contributed by atoms with Crippen LogP contribution >= 0.6 is 23.2 Å². The number of carbonyl (C=O) groups is 2. The van der Waals surface area contributed by atoms with Crippen molar-refractivity contribution in [3.8, 4) is 0 Å². The molecule has 0 bridgehead atoms. The number of nitrogens with zero attached hydrogens (tertiary/aromatic N) is 3. The van der Waals surface area contributed by atoms with Gasteiger partial charge < -0.3 is 10.0 Å². The molecule has 2 heterocycles. The van der Waals surface area contributed by atoms with Gasteiger partial charge in [-0.15, -0.1) is 5.10 Å². The first-order chi connectivity index (χ1) is 8.40. The van der Waals surface area contributed by atoms with E-state index in [9.17, 15) is 9.59 Å². The van der Waals surface area contributed by atoms with E-state index in [1.807, 2.05) is 0 Å². The van der Waals surface area contributed by atoms with Crippen LogP contribution in [0.15, 0.2) is 27.4 Å². The lowest BCUT2D eigenvalue weighted by Crippen LogP contribution is -2.50. The highest BCUT2D eigenvalue weighted by atomic mass is 35.5. The molecule has 18 heavy (non-hydrogen) atoms. The van der Waals surface area contributed by atoms with Crippen molar-refractivity contribution in [1.82, 2.24) is 9.91 Å². The van der Waals surface area contributed by atoms with Gasteiger partial charge in [-0.3, -0.25) is 4.79 Å². The fraction of sp³-hybridized carbons (Fsp3) is 0.300. The maximum Gasteiger partial charge on any atom is 0.328 e. The van der Waals surface area contributed by atoms with Crippen LogP contribution in [-0.4, -0.2) is 45.3 Å². The van der Waals surface area contributed by atoms with Crippen molar-refractivity contribution in [3.05, 3.63) is 22.3 Å². The van der Waals surface area contributed by atoms with Gasteiger partial charge in [0.05, 0.1) is 10.1 Å². The second kappa shape index (κ2) is 4.62. The van der Waals surface area contributed by atoms with E-state index in [1.165, 1.54) is 24.1 Å². The molecule has 0 aromatic rings. The number of amides is 1. The Labute approximate surface area is 113 Å². The average molecular weight is 290 g/mol. The molecule has 0 saturated heterocycles. The first kappa shape index (κ1) is 12.9. The second-order valence-corrected chi connectivity index (χ2v) is 4.65. The molecule has 0 aliphatic carbocycles. The number of carbonyl (C=O) groups excluding carboxylic acids is 1. The summed E-state index contributed by atoms with van der Waals surface area (Å²) in [5, 5.41) is 14.4. The lowest BCUT2D eigenvalue weighted by atomic mass is 10.2. The number of hydrogen-bond acceptors (Lipinski definition) is 4. The second-order valence-electron chi connectivity index (χ2n) is 3.81. The molecule has 0 aromatic carbocycles. The number of hydrazone groups is 1. The minimum atomic E-state index is -1.13. The number of carboxylic acid groups (broad SMARTS) is 1. The van der Waals surface area contributed by atoms with Crippen molar-refractivity contribution in [1.29, 1.82) is 0 Å². The standard InChI is InChI=1S/C10H9Cl2N3O3/c1-5(10(17)18)15-8(16)4-14-3-6(11)2-7(12)9(14)13-15/h2-3,5H,4H2,1H3,(H,17,18). The van der Waals surface area contributed by atoms with E-state index in [0.717, 1.165) is 5.01 Å². The maximum absolute atomic E-state index is 11.8. The molecule has 0 aromatic heterocycles. The molecule has 0 fully saturated rings. The van der Waals surface area contributed by atoms with Crippen LogP contribution in [0.2, 0.25) is 0 Å². The Kier molecular flexibility index (Phi) is 3.32. The molecular weight excluding hydrogens is 281 g/mol. The fourth-order valence-electron chi connectivity index (χ4n) is 1.58. The molecule has 1 unspecified atom stereocenters. The minimum absolute atomic E-state index is 0.0449. The van der Waals surface area contributed by atoms with E-state index < -0.39 is 17.9 Å². The summed E-state index contributed by atoms with van der Waals surface area (Å²) in [6.45, 7) is 1.33. The summed E-state index contributed by atoms with van der Waals surface area (Å²) in [7, 11) is 0. The molecule has 8 heteroatoms. The van der Waals surface area contributed by atoms with E-state index in [-0.39, 0.29) is 11.6 Å². The van der Waals surface area contributed by atoms with Crippen molar-refractivity contribution in [3.63, 3.8) is 0 Å². The van der Waals surface area contributed by atoms with Gasteiger partial charge in [-0.05, 0) is 13.0 Å². The lowest BCUT2D eigenvalue weighted by molar-refractivity contribution is -0.150. The molecule has 2 aliphatic heterocycles. The molecule has 1 N–H and O–H groups in total. The van der Waals surface area contributed by atoms with E-state index >= 15 is 0 Å². The van der Waals surface area contributed by atoms with E-state index in [2.05, 4.69) is 5.10 Å². The van der Waals surface area contributed by atoms with Gasteiger partial charge >= 0.3 is 5.97 Å². The molecular formula is C10H9Cl2N3O3. The van der Waals surface area contributed by atoms with Gasteiger partial charge in [0.2, 0.25) is 0 Å². The summed E-state index contributed by atoms with van der Waals surface area (Å²) in [6, 6.07) is -1.04. The largest absolute Gasteiger partial charge is 0.480 e. The number of rotatable bonds is 2. The van der Waals surface area contributed by atoms with Crippen LogP contribution in [0, 0.1) is 0 Å². The first-order valence-electron chi connectivity index (χ1n) is 5.05. The van der Waals surface area contributed by atoms with Crippen molar-refractivity contribution in [2.45, 2.75) is 13.0 Å². The number of halogens is 2. The predicted octanol–water partition coefficient (Wildman–Crippen LogP) is 1.13. The maximum atomic E-state index is 11.8. The zero-order valence-electron chi connectivity index (χ0n) is 9.30. The zero-order chi connectivity index (χ0) is 13.4. The molecule has 2 aliphatic rings. The Morgan fingerprint density at radius 3 is 2.83 bits per heavy atom. The number of carboxylic acids is 1. The van der Waals surface area contributed by atoms with Gasteiger partial charge in [0.15, 0.2) is 5.84 Å². The number of amidine groups is 1. The summed E-state index contributed by atoms with van der Waals surface area (Å²) in [5.41, 5.74) is 0. The quantitative estimate of drug-likeness (QED) is 0.827. The van der Waals surface area contributed by atoms with Crippen molar-refractivity contribution in [2.75, 3.05) is 6.54 Å². The van der Waals surface area contributed by atoms with Crippen molar-refractivity contribution in [2.24, 2.45) is 5.10 Å². The Balaban J connectivity index is 2.37. The average Bonchev–Trinajstić information content (AvgIpc) is 2.26. The minimum Gasteiger partial charge on any atom is -0.480 e. The zero-order valence-corrected chi connectivity index (χ0v) is 10.8. The lowest BCUT2D eigenvalue weighted by Gasteiger charge is -2.34. The third kappa shape index (κ3) is 2.21. The highest BCUT2D eigenvalue weighted by Gasteiger charge is 2.34. The molecule has 2 rings (SSSR count). The monoisotopic (exact) mass is 289 g/mol. The third-order valence-corrected chi connectivity index (χ3v) is 3.00. The smallest absolute Gasteiger partial charge is 0.328 e. The summed E-state index contributed by atoms with van der Waals surface area (Å²) in [5.74, 6) is -1.25. The highest BCUT2D eigenvalue weighted by molar-refractivity contribution is 6.45. The van der Waals surface area contributed by atoms with Crippen LogP contribution in [0.1, 0.15) is 6.92 Å². The molecule has 1 atom stereocenters. The molecule has 6 nitrogen and oxygen atoms in total. The normalized spacial score (nSPS) is 20.8. The molecule has 0 radical (unpaired) electrons. The van der Waals surface area contributed by atoms with Crippen LogP contribution < -0.4 is 0 Å². The molecule has 1 amide bonds. The van der Waals surface area contributed by atoms with Crippen LogP contribution in [-0.2, 0) is 9.59 Å². The SMILES string of the molecule is CC(C(=O)O)N1N=C2C(Cl)=CC(Cl)=CN2CC1=O. The van der Waals surface area contributed by atoms with Crippen LogP contribution in [0.5, 0.6) is 0 Å². The Morgan fingerprint density at radius 1 is 1.56 bits per heavy atom. The van der Waals surface area contributed by atoms with Gasteiger partial charge in [-0.25, -0.2) is 9.80 Å². The first-order valence-corrected chi connectivity index (χ1v) is 5.80. The van der Waals surface area contributed by atoms with Gasteiger partial charge in [0, 0.05) is 6.20 Å². The fourth-order valence-corrected chi connectivity index (χ4v) is 2.13. The van der Waals surface area contributed by atoms with Crippen molar-refractivity contribution < 1.29 is 14.7 Å². The Morgan fingerprint density at radius 2 is 2.22 bits per heavy atom. The summed E-state index contributed by atoms with van der Waals surface area (Å²) < 4.78 is 0. The topological polar surface area (TPSA) is 73.2 Å². The molecule has 0 saturated carbocycles. The number of hydrogen-bond donors (Lipinski definition) is 1. The Bertz CT molecular complexity index is 512.